The van der Waals surface area contributed by atoms with E-state index in [4.69, 9.17) is 4.74 Å². The van der Waals surface area contributed by atoms with Crippen molar-refractivity contribution < 1.29 is 45.8 Å². The van der Waals surface area contributed by atoms with E-state index in [0.717, 1.165) is 6.07 Å². The average molecular weight is 504 g/mol. The van der Waals surface area contributed by atoms with E-state index >= 15 is 0 Å². The fourth-order valence-electron chi connectivity index (χ4n) is 2.97. The number of carbonyl (C=O) groups excluding carboxylic acids is 1. The van der Waals surface area contributed by atoms with E-state index < -0.39 is 63.7 Å². The van der Waals surface area contributed by atoms with Crippen molar-refractivity contribution in [2.75, 3.05) is 11.9 Å². The van der Waals surface area contributed by atoms with Crippen LogP contribution in [0.25, 0.3) is 5.57 Å². The number of ether oxygens (including phenoxy) is 1. The van der Waals surface area contributed by atoms with Crippen molar-refractivity contribution in [2.24, 2.45) is 0 Å². The maximum Gasteiger partial charge on any atom is 0.419 e. The van der Waals surface area contributed by atoms with Gasteiger partial charge in [0.25, 0.3) is 0 Å². The Kier molecular flexibility index (Phi) is 8.09. The van der Waals surface area contributed by atoms with Crippen LogP contribution in [0.5, 0.6) is 0 Å². The number of carboxylic acid groups (broad SMARTS) is 1. The van der Waals surface area contributed by atoms with E-state index in [2.05, 4.69) is 17.2 Å². The third-order valence-electron chi connectivity index (χ3n) is 4.46. The Hall–Kier alpha value is -3.70. The Morgan fingerprint density at radius 2 is 1.66 bits per heavy atom. The van der Waals surface area contributed by atoms with Gasteiger partial charge >= 0.3 is 18.2 Å². The van der Waals surface area contributed by atoms with Crippen LogP contribution in [0.2, 0.25) is 0 Å². The van der Waals surface area contributed by atoms with Gasteiger partial charge in [0.15, 0.2) is 11.6 Å². The summed E-state index contributed by atoms with van der Waals surface area (Å²) in [6, 6.07) is 2.02. The second kappa shape index (κ2) is 10.3. The number of anilines is 2. The average Bonchev–Trinajstić information content (AvgIpc) is 2.69. The topological polar surface area (TPSA) is 87.7 Å². The highest BCUT2D eigenvalue weighted by Gasteiger charge is 2.36. The largest absolute Gasteiger partial charge is 0.478 e. The van der Waals surface area contributed by atoms with Crippen LogP contribution in [-0.2, 0) is 10.9 Å². The molecule has 0 aliphatic carbocycles. The van der Waals surface area contributed by atoms with Crippen molar-refractivity contribution in [3.63, 3.8) is 0 Å². The number of aromatic carboxylic acids is 1. The van der Waals surface area contributed by atoms with Crippen molar-refractivity contribution in [1.29, 1.82) is 0 Å². The third kappa shape index (κ3) is 7.14. The zero-order chi connectivity index (χ0) is 26.7. The highest BCUT2D eigenvalue weighted by Crippen LogP contribution is 2.37. The number of hydrogen-bond acceptors (Lipinski definition) is 4. The van der Waals surface area contributed by atoms with Crippen LogP contribution in [0.15, 0.2) is 30.8 Å². The zero-order valence-electron chi connectivity index (χ0n) is 18.9. The molecule has 0 atom stereocenters. The number of rotatable bonds is 7. The molecule has 0 aliphatic heterocycles. The molecule has 0 radical (unpaired) electrons. The summed E-state index contributed by atoms with van der Waals surface area (Å²) >= 11 is 0. The summed E-state index contributed by atoms with van der Waals surface area (Å²) in [6.07, 6.45) is -6.05. The molecule has 0 fully saturated rings. The molecule has 35 heavy (non-hydrogen) atoms. The van der Waals surface area contributed by atoms with Crippen LogP contribution in [-0.4, -0.2) is 29.3 Å². The van der Waals surface area contributed by atoms with Gasteiger partial charge in [0.1, 0.15) is 11.4 Å². The first-order chi connectivity index (χ1) is 16.0. The maximum atomic E-state index is 14.7. The zero-order valence-corrected chi connectivity index (χ0v) is 18.9. The molecule has 2 aromatic carbocycles. The lowest BCUT2D eigenvalue weighted by Gasteiger charge is -2.20. The van der Waals surface area contributed by atoms with Gasteiger partial charge in [0.05, 0.1) is 16.8 Å². The van der Waals surface area contributed by atoms with Crippen molar-refractivity contribution in [1.82, 2.24) is 5.32 Å². The summed E-state index contributed by atoms with van der Waals surface area (Å²) in [5.74, 6) is -6.29. The maximum absolute atomic E-state index is 14.7. The Morgan fingerprint density at radius 3 is 2.20 bits per heavy atom. The highest BCUT2D eigenvalue weighted by molar-refractivity contribution is 5.96. The van der Waals surface area contributed by atoms with Gasteiger partial charge in [-0.1, -0.05) is 6.58 Å². The first-order valence-corrected chi connectivity index (χ1v) is 10.1. The van der Waals surface area contributed by atoms with Crippen LogP contribution in [0.1, 0.15) is 48.7 Å². The molecule has 0 bridgehead atoms. The molecule has 0 aromatic heterocycles. The Morgan fingerprint density at radius 1 is 1.03 bits per heavy atom. The van der Waals surface area contributed by atoms with Crippen LogP contribution in [0.4, 0.5) is 42.5 Å². The molecule has 0 aliphatic rings. The summed E-state index contributed by atoms with van der Waals surface area (Å²) in [7, 11) is 0. The van der Waals surface area contributed by atoms with Gasteiger partial charge in [-0.2, -0.15) is 13.2 Å². The minimum Gasteiger partial charge on any atom is -0.478 e. The molecule has 3 N–H and O–H groups in total. The molecule has 6 nitrogen and oxygen atoms in total. The molecule has 1 amide bonds. The summed E-state index contributed by atoms with van der Waals surface area (Å²) in [6.45, 7) is 8.43. The summed E-state index contributed by atoms with van der Waals surface area (Å²) in [4.78, 5) is 23.2. The number of nitrogens with one attached hydrogen (secondary N) is 2. The summed E-state index contributed by atoms with van der Waals surface area (Å²) in [5.41, 5.74) is -5.01. The summed E-state index contributed by atoms with van der Waals surface area (Å²) < 4.78 is 87.0. The molecule has 0 saturated carbocycles. The number of hydrogen-bond donors (Lipinski definition) is 3. The number of carbonyl (C=O) groups is 2. The van der Waals surface area contributed by atoms with E-state index in [1.807, 2.05) is 0 Å². The van der Waals surface area contributed by atoms with Crippen molar-refractivity contribution in [3.8, 4) is 0 Å². The second-order valence-electron chi connectivity index (χ2n) is 8.37. The molecule has 12 heteroatoms. The fraction of sp³-hybridized carbons (Fsp3) is 0.304. The fourth-order valence-corrected chi connectivity index (χ4v) is 2.97. The monoisotopic (exact) mass is 504 g/mol. The van der Waals surface area contributed by atoms with Gasteiger partial charge in [0.2, 0.25) is 0 Å². The van der Waals surface area contributed by atoms with Crippen molar-refractivity contribution in [3.05, 3.63) is 65.0 Å². The first kappa shape index (κ1) is 27.5. The van der Waals surface area contributed by atoms with Gasteiger partial charge in [-0.05, 0) is 57.0 Å². The minimum atomic E-state index is -5.15. The van der Waals surface area contributed by atoms with Gasteiger partial charge in [-0.3, -0.25) is 0 Å². The van der Waals surface area contributed by atoms with E-state index in [1.54, 1.807) is 20.8 Å². The van der Waals surface area contributed by atoms with Gasteiger partial charge in [-0.15, -0.1) is 0 Å². The lowest BCUT2D eigenvalue weighted by atomic mass is 10.00. The van der Waals surface area contributed by atoms with E-state index in [1.165, 1.54) is 0 Å². The quantitative estimate of drug-likeness (QED) is 0.375. The van der Waals surface area contributed by atoms with Crippen molar-refractivity contribution in [2.45, 2.75) is 39.0 Å². The smallest absolute Gasteiger partial charge is 0.419 e. The van der Waals surface area contributed by atoms with Crippen LogP contribution in [0, 0.1) is 17.5 Å². The minimum absolute atomic E-state index is 0.0735. The second-order valence-corrected chi connectivity index (χ2v) is 8.37. The van der Waals surface area contributed by atoms with Crippen LogP contribution < -0.4 is 10.6 Å². The number of alkyl halides is 3. The lowest BCUT2D eigenvalue weighted by Crippen LogP contribution is -2.33. The number of alkyl carbamates (subject to hydrolysis) is 1. The number of benzene rings is 2. The highest BCUT2D eigenvalue weighted by atomic mass is 19.4. The Balaban J connectivity index is 2.40. The molecule has 0 heterocycles. The molecular formula is C23H22F6N2O4. The SMILES string of the molecule is C=C(CCNC(=O)OC(C)(C)C)c1c(Nc2cc(C(F)(F)F)c(F)cc2C(=O)O)ccc(F)c1F. The molecule has 190 valence electrons. The van der Waals surface area contributed by atoms with Crippen LogP contribution >= 0.6 is 0 Å². The van der Waals surface area contributed by atoms with E-state index in [0.29, 0.717) is 6.07 Å². The molecular weight excluding hydrogens is 482 g/mol. The predicted octanol–water partition coefficient (Wildman–Crippen LogP) is 6.49. The Bertz CT molecular complexity index is 1160. The lowest BCUT2D eigenvalue weighted by molar-refractivity contribution is -0.139. The molecule has 2 rings (SSSR count). The van der Waals surface area contributed by atoms with Gasteiger partial charge < -0.3 is 20.5 Å². The van der Waals surface area contributed by atoms with Gasteiger partial charge in [0, 0.05) is 17.8 Å². The van der Waals surface area contributed by atoms with Gasteiger partial charge in [-0.25, -0.2) is 22.8 Å². The number of halogens is 6. The number of amides is 1. The predicted molar refractivity (Wildman–Crippen MR) is 116 cm³/mol. The van der Waals surface area contributed by atoms with E-state index in [9.17, 15) is 41.0 Å². The normalized spacial score (nSPS) is 11.7. The standard InChI is InChI=1S/C23H22F6N2O4/c1-11(7-8-30-21(34)35-22(2,3)4)18-16(6-5-14(24)19(18)26)31-17-10-13(23(27,28)29)15(25)9-12(17)20(32)33/h5-6,9-10,31H,1,7-8H2,2-4H3,(H,30,34)(H,32,33). The Labute approximate surface area is 196 Å². The first-order valence-electron chi connectivity index (χ1n) is 10.1. The molecule has 2 aromatic rings. The molecule has 0 spiro atoms. The summed E-state index contributed by atoms with van der Waals surface area (Å²) in [5, 5.41) is 14.0. The van der Waals surface area contributed by atoms with Crippen LogP contribution in [0.3, 0.4) is 0 Å². The number of carboxylic acids is 1. The third-order valence-corrected chi connectivity index (χ3v) is 4.46. The van der Waals surface area contributed by atoms with Crippen molar-refractivity contribution >= 4 is 29.0 Å². The molecule has 0 unspecified atom stereocenters. The van der Waals surface area contributed by atoms with E-state index in [-0.39, 0.29) is 36.4 Å². The molecule has 0 saturated heterocycles.